The Labute approximate surface area is 119 Å². The Morgan fingerprint density at radius 1 is 1.05 bits per heavy atom. The monoisotopic (exact) mass is 270 g/mol. The van der Waals surface area contributed by atoms with Gasteiger partial charge in [0.15, 0.2) is 18.9 Å². The zero-order valence-corrected chi connectivity index (χ0v) is 11.5. The second-order valence-electron chi connectivity index (χ2n) is 5.45. The fourth-order valence-electron chi connectivity index (χ4n) is 2.53. The Morgan fingerprint density at radius 3 is 2.40 bits per heavy atom. The van der Waals surface area contributed by atoms with Gasteiger partial charge in [-0.1, -0.05) is 30.3 Å². The van der Waals surface area contributed by atoms with Crippen molar-refractivity contribution in [2.45, 2.75) is 25.5 Å². The Bertz CT molecular complexity index is 533. The van der Waals surface area contributed by atoms with Crippen molar-refractivity contribution in [2.24, 2.45) is 5.92 Å². The van der Waals surface area contributed by atoms with Gasteiger partial charge in [-0.05, 0) is 18.8 Å². The molecule has 104 valence electrons. The molecular formula is C17H20NO2+. The molecule has 0 bridgehead atoms. The minimum atomic E-state index is 0.275. The van der Waals surface area contributed by atoms with Crippen molar-refractivity contribution in [3.05, 3.63) is 60.4 Å². The number of pyridine rings is 1. The average Bonchev–Trinajstić information content (AvgIpc) is 2.45. The standard InChI is InChI=1S/C17H20NO2/c19-13-15-10-17(11-15)20-16-6-8-18(9-7-16)12-14-4-2-1-3-5-14/h1-9,15,17,19H,10-13H2/q+1/t15-,17-. The van der Waals surface area contributed by atoms with E-state index < -0.39 is 0 Å². The van der Waals surface area contributed by atoms with Gasteiger partial charge in [0.05, 0.1) is 6.10 Å². The lowest BCUT2D eigenvalue weighted by Gasteiger charge is -2.33. The molecule has 1 N–H and O–H groups in total. The van der Waals surface area contributed by atoms with Crippen molar-refractivity contribution >= 4 is 0 Å². The highest BCUT2D eigenvalue weighted by Gasteiger charge is 2.30. The average molecular weight is 270 g/mol. The van der Waals surface area contributed by atoms with Gasteiger partial charge in [0.25, 0.3) is 0 Å². The summed E-state index contributed by atoms with van der Waals surface area (Å²) in [5, 5.41) is 8.99. The Morgan fingerprint density at radius 2 is 1.75 bits per heavy atom. The van der Waals surface area contributed by atoms with Crippen molar-refractivity contribution in [1.29, 1.82) is 0 Å². The lowest BCUT2D eigenvalue weighted by atomic mass is 9.83. The van der Waals surface area contributed by atoms with Crippen molar-refractivity contribution in [3.8, 4) is 5.75 Å². The molecule has 1 fully saturated rings. The third-order valence-electron chi connectivity index (χ3n) is 3.82. The molecule has 1 aromatic carbocycles. The topological polar surface area (TPSA) is 33.3 Å². The minimum Gasteiger partial charge on any atom is -0.490 e. The molecule has 0 aliphatic heterocycles. The smallest absolute Gasteiger partial charge is 0.173 e. The normalized spacial score (nSPS) is 21.2. The SMILES string of the molecule is OC[C@H]1C[C@H](Oc2cc[n+](Cc3ccccc3)cc2)C1. The molecule has 0 radical (unpaired) electrons. The number of ether oxygens (including phenoxy) is 1. The predicted octanol–water partition coefficient (Wildman–Crippen LogP) is 2.17. The van der Waals surface area contributed by atoms with Crippen molar-refractivity contribution in [2.75, 3.05) is 6.61 Å². The summed E-state index contributed by atoms with van der Waals surface area (Å²) < 4.78 is 8.00. The lowest BCUT2D eigenvalue weighted by molar-refractivity contribution is -0.688. The molecule has 0 spiro atoms. The Kier molecular flexibility index (Phi) is 3.97. The first kappa shape index (κ1) is 13.1. The maximum atomic E-state index is 8.99. The lowest BCUT2D eigenvalue weighted by Crippen LogP contribution is -2.36. The van der Waals surface area contributed by atoms with Crippen LogP contribution in [0.3, 0.4) is 0 Å². The van der Waals surface area contributed by atoms with E-state index in [1.54, 1.807) is 0 Å². The van der Waals surface area contributed by atoms with Gasteiger partial charge in [-0.2, -0.15) is 0 Å². The first-order valence-electron chi connectivity index (χ1n) is 7.14. The van der Waals surface area contributed by atoms with E-state index in [1.165, 1.54) is 5.56 Å². The van der Waals surface area contributed by atoms with Crippen LogP contribution in [0.4, 0.5) is 0 Å². The number of aliphatic hydroxyl groups is 1. The molecule has 0 amide bonds. The maximum absolute atomic E-state index is 8.99. The summed E-state index contributed by atoms with van der Waals surface area (Å²) in [6.07, 6.45) is 6.30. The largest absolute Gasteiger partial charge is 0.490 e. The van der Waals surface area contributed by atoms with Crippen molar-refractivity contribution in [1.82, 2.24) is 0 Å². The number of rotatable bonds is 5. The van der Waals surface area contributed by atoms with Gasteiger partial charge in [0.1, 0.15) is 5.75 Å². The third kappa shape index (κ3) is 3.17. The highest BCUT2D eigenvalue weighted by molar-refractivity contribution is 5.17. The van der Waals surface area contributed by atoms with Gasteiger partial charge in [-0.15, -0.1) is 0 Å². The van der Waals surface area contributed by atoms with E-state index in [-0.39, 0.29) is 12.7 Å². The number of aliphatic hydroxyl groups excluding tert-OH is 1. The number of nitrogens with zero attached hydrogens (tertiary/aromatic N) is 1. The van der Waals surface area contributed by atoms with E-state index in [0.717, 1.165) is 25.1 Å². The van der Waals surface area contributed by atoms with Crippen LogP contribution in [0.5, 0.6) is 5.75 Å². The van der Waals surface area contributed by atoms with Gasteiger partial charge in [-0.25, -0.2) is 4.57 Å². The van der Waals surface area contributed by atoms with Gasteiger partial charge < -0.3 is 9.84 Å². The molecule has 3 heteroatoms. The fourth-order valence-corrected chi connectivity index (χ4v) is 2.53. The van der Waals surface area contributed by atoms with Crippen LogP contribution in [0.1, 0.15) is 18.4 Å². The summed E-state index contributed by atoms with van der Waals surface area (Å²) in [6.45, 7) is 1.16. The number of hydrogen-bond donors (Lipinski definition) is 1. The summed E-state index contributed by atoms with van der Waals surface area (Å²) in [7, 11) is 0. The third-order valence-corrected chi connectivity index (χ3v) is 3.82. The van der Waals surface area contributed by atoms with Crippen LogP contribution in [0.15, 0.2) is 54.9 Å². The van der Waals surface area contributed by atoms with Crippen LogP contribution in [0, 0.1) is 5.92 Å². The second kappa shape index (κ2) is 6.06. The number of benzene rings is 1. The van der Waals surface area contributed by atoms with Gasteiger partial charge in [0.2, 0.25) is 0 Å². The quantitative estimate of drug-likeness (QED) is 0.845. The first-order valence-corrected chi connectivity index (χ1v) is 7.14. The van der Waals surface area contributed by atoms with E-state index in [1.807, 2.05) is 30.6 Å². The van der Waals surface area contributed by atoms with Crippen LogP contribution in [0.2, 0.25) is 0 Å². The van der Waals surface area contributed by atoms with Gasteiger partial charge in [0, 0.05) is 24.3 Å². The van der Waals surface area contributed by atoms with Crippen molar-refractivity contribution in [3.63, 3.8) is 0 Å². The predicted molar refractivity (Wildman–Crippen MR) is 76.4 cm³/mol. The zero-order chi connectivity index (χ0) is 13.8. The molecule has 3 rings (SSSR count). The molecule has 0 unspecified atom stereocenters. The molecule has 0 saturated heterocycles. The Balaban J connectivity index is 1.55. The van der Waals surface area contributed by atoms with Crippen LogP contribution >= 0.6 is 0 Å². The number of hydrogen-bond acceptors (Lipinski definition) is 2. The highest BCUT2D eigenvalue weighted by Crippen LogP contribution is 2.30. The Hall–Kier alpha value is -1.87. The van der Waals surface area contributed by atoms with E-state index in [2.05, 4.69) is 28.8 Å². The van der Waals surface area contributed by atoms with Crippen LogP contribution in [0.25, 0.3) is 0 Å². The van der Waals surface area contributed by atoms with Crippen LogP contribution in [-0.2, 0) is 6.54 Å². The van der Waals surface area contributed by atoms with E-state index in [4.69, 9.17) is 9.84 Å². The highest BCUT2D eigenvalue weighted by atomic mass is 16.5. The molecule has 1 heterocycles. The summed E-state index contributed by atoms with van der Waals surface area (Å²) >= 11 is 0. The molecular weight excluding hydrogens is 250 g/mol. The summed E-state index contributed by atoms with van der Waals surface area (Å²) in [5.74, 6) is 1.35. The molecule has 20 heavy (non-hydrogen) atoms. The molecule has 1 saturated carbocycles. The van der Waals surface area contributed by atoms with Crippen molar-refractivity contribution < 1.29 is 14.4 Å². The molecule has 1 aliphatic carbocycles. The fraction of sp³-hybridized carbons (Fsp3) is 0.353. The van der Waals surface area contributed by atoms with Crippen LogP contribution in [-0.4, -0.2) is 17.8 Å². The number of aromatic nitrogens is 1. The molecule has 0 atom stereocenters. The van der Waals surface area contributed by atoms with Gasteiger partial charge in [-0.3, -0.25) is 0 Å². The summed E-state index contributed by atoms with van der Waals surface area (Å²) in [6, 6.07) is 14.4. The van der Waals surface area contributed by atoms with Crippen LogP contribution < -0.4 is 9.30 Å². The van der Waals surface area contributed by atoms with E-state index in [0.29, 0.717) is 5.92 Å². The zero-order valence-electron chi connectivity index (χ0n) is 11.5. The molecule has 2 aromatic rings. The molecule has 3 nitrogen and oxygen atoms in total. The maximum Gasteiger partial charge on any atom is 0.173 e. The summed E-state index contributed by atoms with van der Waals surface area (Å²) in [4.78, 5) is 0. The summed E-state index contributed by atoms with van der Waals surface area (Å²) in [5.41, 5.74) is 1.29. The molecule has 1 aliphatic rings. The van der Waals surface area contributed by atoms with Gasteiger partial charge >= 0.3 is 0 Å². The van der Waals surface area contributed by atoms with E-state index in [9.17, 15) is 0 Å². The first-order chi connectivity index (χ1) is 9.83. The van der Waals surface area contributed by atoms with E-state index >= 15 is 0 Å². The second-order valence-corrected chi connectivity index (χ2v) is 5.45. The minimum absolute atomic E-state index is 0.275. The molecule has 1 aromatic heterocycles.